The van der Waals surface area contributed by atoms with E-state index in [0.29, 0.717) is 25.7 Å². The van der Waals surface area contributed by atoms with Crippen LogP contribution in [0.4, 0.5) is 0 Å². The van der Waals surface area contributed by atoms with Crippen molar-refractivity contribution in [1.29, 1.82) is 0 Å². The van der Waals surface area contributed by atoms with Crippen molar-refractivity contribution in [2.75, 3.05) is 19.8 Å². The largest absolute Gasteiger partial charge is 0.479 e. The molecule has 1 aliphatic carbocycles. The fourth-order valence-corrected chi connectivity index (χ4v) is 6.37. The van der Waals surface area contributed by atoms with Gasteiger partial charge in [-0.05, 0) is 38.5 Å². The first kappa shape index (κ1) is 32.9. The van der Waals surface area contributed by atoms with Crippen LogP contribution in [0.25, 0.3) is 0 Å². The summed E-state index contributed by atoms with van der Waals surface area (Å²) in [5, 5.41) is 71.6. The van der Waals surface area contributed by atoms with Crippen molar-refractivity contribution >= 4 is 5.97 Å². The van der Waals surface area contributed by atoms with E-state index in [0.717, 1.165) is 12.8 Å². The van der Waals surface area contributed by atoms with Gasteiger partial charge in [-0.15, -0.1) is 0 Å². The Labute approximate surface area is 239 Å². The van der Waals surface area contributed by atoms with Crippen LogP contribution in [-0.4, -0.2) is 141 Å². The summed E-state index contributed by atoms with van der Waals surface area (Å²) < 4.78 is 36.3. The normalized spacial score (nSPS) is 48.0. The first-order chi connectivity index (χ1) is 19.6. The van der Waals surface area contributed by atoms with Gasteiger partial charge in [0.15, 0.2) is 18.7 Å². The zero-order valence-corrected chi connectivity index (χ0v) is 23.5. The van der Waals surface area contributed by atoms with Gasteiger partial charge in [0.2, 0.25) is 0 Å². The third-order valence-corrected chi connectivity index (χ3v) is 8.87. The summed E-state index contributed by atoms with van der Waals surface area (Å²) in [7, 11) is 0. The quantitative estimate of drug-likeness (QED) is 0.170. The topological polar surface area (TPSA) is 214 Å². The van der Waals surface area contributed by atoms with Gasteiger partial charge in [0.05, 0.1) is 24.9 Å². The summed E-state index contributed by atoms with van der Waals surface area (Å²) in [6, 6.07) is 0. The van der Waals surface area contributed by atoms with Crippen LogP contribution in [0.5, 0.6) is 0 Å². The zero-order valence-electron chi connectivity index (χ0n) is 23.5. The van der Waals surface area contributed by atoms with Gasteiger partial charge in [-0.3, -0.25) is 0 Å². The summed E-state index contributed by atoms with van der Waals surface area (Å²) in [6.07, 6.45) is -11.4. The number of hydrogen-bond acceptors (Lipinski definition) is 13. The molecule has 0 radical (unpaired) electrons. The van der Waals surface area contributed by atoms with Gasteiger partial charge in [0.25, 0.3) is 0 Å². The van der Waals surface area contributed by atoms with Crippen LogP contribution < -0.4 is 0 Å². The molecular weight excluding hydrogens is 548 g/mol. The molecule has 4 aliphatic rings. The van der Waals surface area contributed by atoms with Crippen molar-refractivity contribution in [1.82, 2.24) is 0 Å². The number of aliphatic hydroxyl groups excluding tert-OH is 6. The number of hydrogen-bond donors (Lipinski definition) is 7. The lowest BCUT2D eigenvalue weighted by atomic mass is 9.82. The van der Waals surface area contributed by atoms with E-state index < -0.39 is 105 Å². The highest BCUT2D eigenvalue weighted by atomic mass is 16.7. The van der Waals surface area contributed by atoms with E-state index in [1.807, 2.05) is 6.92 Å². The zero-order chi connectivity index (χ0) is 29.8. The fourth-order valence-electron chi connectivity index (χ4n) is 6.37. The third kappa shape index (κ3) is 7.21. The standard InChI is InChI=1S/C27H46O14/c1-3-13-6-4-8-15(21(13)41-26-20(33)19(32)17(30)12(2)37-26)38-27-24-23(18(31)16(11-29)39-27)40-22(25(34)35)14(10-28)7-5-9-36-24/h12-24,26-33H,3-11H2,1-2H3,(H,34,35)/t12?,13-,14+,15-,16?,17-,18+,19?,20+,21?,22-,23?,24?,26+,27-/m1/s1. The van der Waals surface area contributed by atoms with Crippen molar-refractivity contribution in [2.45, 2.75) is 132 Å². The molecule has 238 valence electrons. The molecule has 3 aliphatic heterocycles. The molecule has 14 heteroatoms. The minimum Gasteiger partial charge on any atom is -0.479 e. The van der Waals surface area contributed by atoms with Gasteiger partial charge in [-0.1, -0.05) is 19.8 Å². The molecule has 4 rings (SSSR count). The molecule has 6 unspecified atom stereocenters. The Morgan fingerprint density at radius 2 is 1.54 bits per heavy atom. The molecule has 0 aromatic carbocycles. The number of aliphatic hydroxyl groups is 6. The SMILES string of the molecule is CC[C@@H]1CCC[C@@H](O[C@@H]2OC(CO)[C@H](O)C3O[C@@H](C(=O)O)[C@H](CO)CCCOC32)C1O[C@@H]1OC(C)[C@@H](O)C(O)[C@@H]1O. The minimum absolute atomic E-state index is 0.0122. The molecule has 0 aromatic rings. The number of fused-ring (bicyclic) bond motifs is 1. The van der Waals surface area contributed by atoms with Gasteiger partial charge < -0.3 is 64.2 Å². The number of ether oxygens (including phenoxy) is 6. The van der Waals surface area contributed by atoms with Crippen LogP contribution in [0.1, 0.15) is 52.4 Å². The maximum Gasteiger partial charge on any atom is 0.333 e. The molecule has 0 amide bonds. The summed E-state index contributed by atoms with van der Waals surface area (Å²) in [5.74, 6) is -2.03. The predicted octanol–water partition coefficient (Wildman–Crippen LogP) is -1.50. The maximum absolute atomic E-state index is 12.1. The van der Waals surface area contributed by atoms with Gasteiger partial charge in [-0.25, -0.2) is 4.79 Å². The minimum atomic E-state index is -1.50. The second-order valence-corrected chi connectivity index (χ2v) is 11.6. The summed E-state index contributed by atoms with van der Waals surface area (Å²) in [5.41, 5.74) is 0. The molecule has 3 saturated heterocycles. The van der Waals surface area contributed by atoms with Crippen LogP contribution in [0.15, 0.2) is 0 Å². The smallest absolute Gasteiger partial charge is 0.333 e. The van der Waals surface area contributed by atoms with E-state index in [1.165, 1.54) is 0 Å². The molecule has 0 bridgehead atoms. The van der Waals surface area contributed by atoms with Crippen LogP contribution in [0, 0.1) is 11.8 Å². The van der Waals surface area contributed by atoms with Crippen LogP contribution in [0.2, 0.25) is 0 Å². The monoisotopic (exact) mass is 594 g/mol. The number of carboxylic acid groups (broad SMARTS) is 1. The van der Waals surface area contributed by atoms with E-state index in [9.17, 15) is 40.5 Å². The summed E-state index contributed by atoms with van der Waals surface area (Å²) >= 11 is 0. The molecule has 15 atom stereocenters. The molecule has 4 fully saturated rings. The maximum atomic E-state index is 12.1. The molecular formula is C27H46O14. The number of carbonyl (C=O) groups is 1. The Morgan fingerprint density at radius 1 is 0.805 bits per heavy atom. The molecule has 41 heavy (non-hydrogen) atoms. The number of rotatable bonds is 8. The van der Waals surface area contributed by atoms with Crippen LogP contribution in [0.3, 0.4) is 0 Å². The van der Waals surface area contributed by atoms with Crippen molar-refractivity contribution in [2.24, 2.45) is 11.8 Å². The van der Waals surface area contributed by atoms with Gasteiger partial charge in [0, 0.05) is 19.1 Å². The van der Waals surface area contributed by atoms with Crippen molar-refractivity contribution in [3.63, 3.8) is 0 Å². The first-order valence-corrected chi connectivity index (χ1v) is 14.7. The lowest BCUT2D eigenvalue weighted by molar-refractivity contribution is -0.353. The molecule has 0 spiro atoms. The lowest BCUT2D eigenvalue weighted by Crippen LogP contribution is -2.63. The number of aliphatic carboxylic acids is 1. The van der Waals surface area contributed by atoms with E-state index in [4.69, 9.17) is 28.4 Å². The average molecular weight is 595 g/mol. The fraction of sp³-hybridized carbons (Fsp3) is 0.963. The highest BCUT2D eigenvalue weighted by Crippen LogP contribution is 2.38. The van der Waals surface area contributed by atoms with Gasteiger partial charge in [0.1, 0.15) is 42.7 Å². The highest BCUT2D eigenvalue weighted by Gasteiger charge is 2.52. The van der Waals surface area contributed by atoms with E-state index in [2.05, 4.69) is 0 Å². The van der Waals surface area contributed by atoms with Crippen LogP contribution in [-0.2, 0) is 33.2 Å². The predicted molar refractivity (Wildman–Crippen MR) is 137 cm³/mol. The van der Waals surface area contributed by atoms with Crippen molar-refractivity contribution < 1.29 is 69.0 Å². The summed E-state index contributed by atoms with van der Waals surface area (Å²) in [4.78, 5) is 12.1. The molecule has 0 aromatic heterocycles. The van der Waals surface area contributed by atoms with Crippen molar-refractivity contribution in [3.8, 4) is 0 Å². The number of carboxylic acids is 1. The molecule has 3 heterocycles. The first-order valence-electron chi connectivity index (χ1n) is 14.7. The molecule has 7 N–H and O–H groups in total. The molecule has 1 saturated carbocycles. The second-order valence-electron chi connectivity index (χ2n) is 11.6. The average Bonchev–Trinajstić information content (AvgIpc) is 3.06. The Hall–Kier alpha value is -1.01. The Balaban J connectivity index is 1.58. The van der Waals surface area contributed by atoms with E-state index in [1.54, 1.807) is 6.92 Å². The Bertz CT molecular complexity index is 832. The third-order valence-electron chi connectivity index (χ3n) is 8.87. The van der Waals surface area contributed by atoms with Gasteiger partial charge in [-0.2, -0.15) is 0 Å². The Kier molecular flexibility index (Phi) is 11.7. The van der Waals surface area contributed by atoms with E-state index in [-0.39, 0.29) is 12.5 Å². The van der Waals surface area contributed by atoms with Crippen LogP contribution >= 0.6 is 0 Å². The van der Waals surface area contributed by atoms with E-state index >= 15 is 0 Å². The highest BCUT2D eigenvalue weighted by molar-refractivity contribution is 5.72. The Morgan fingerprint density at radius 3 is 2.20 bits per heavy atom. The lowest BCUT2D eigenvalue weighted by Gasteiger charge is -2.48. The second kappa shape index (κ2) is 14.6. The van der Waals surface area contributed by atoms with Crippen molar-refractivity contribution in [3.05, 3.63) is 0 Å². The van der Waals surface area contributed by atoms with Gasteiger partial charge >= 0.3 is 5.97 Å². The molecule has 14 nitrogen and oxygen atoms in total. The summed E-state index contributed by atoms with van der Waals surface area (Å²) in [6.45, 7) is 2.70.